The Kier molecular flexibility index (Phi) is 10.7. The third-order valence-electron chi connectivity index (χ3n) is 6.49. The summed E-state index contributed by atoms with van der Waals surface area (Å²) in [5.74, 6) is 1.90. The molecule has 0 aliphatic heterocycles. The van der Waals surface area contributed by atoms with Crippen LogP contribution in [0.5, 0.6) is 0 Å². The number of amidine groups is 1. The topological polar surface area (TPSA) is 79.7 Å². The second kappa shape index (κ2) is 13.0. The van der Waals surface area contributed by atoms with Gasteiger partial charge in [-0.25, -0.2) is 4.98 Å². The van der Waals surface area contributed by atoms with Crippen molar-refractivity contribution in [3.05, 3.63) is 65.0 Å². The van der Waals surface area contributed by atoms with Gasteiger partial charge in [-0.05, 0) is 55.0 Å². The molecule has 0 spiro atoms. The van der Waals surface area contributed by atoms with Crippen molar-refractivity contribution in [2.45, 2.75) is 64.3 Å². The summed E-state index contributed by atoms with van der Waals surface area (Å²) in [5.41, 5.74) is 11.4. The van der Waals surface area contributed by atoms with E-state index in [-0.39, 0.29) is 30.6 Å². The third kappa shape index (κ3) is 6.72. The number of halogens is 2. The van der Waals surface area contributed by atoms with E-state index in [1.165, 1.54) is 48.7 Å². The van der Waals surface area contributed by atoms with Crippen molar-refractivity contribution in [1.29, 1.82) is 5.41 Å². The largest absolute Gasteiger partial charge is 0.384 e. The summed E-state index contributed by atoms with van der Waals surface area (Å²) in [5, 5.41) is 11.1. The summed E-state index contributed by atoms with van der Waals surface area (Å²) < 4.78 is 2.38. The zero-order chi connectivity index (χ0) is 21.6. The molecule has 1 aromatic heterocycles. The monoisotopic (exact) mass is 489 g/mol. The van der Waals surface area contributed by atoms with Crippen LogP contribution < -0.4 is 11.1 Å². The van der Waals surface area contributed by atoms with Gasteiger partial charge in [-0.1, -0.05) is 56.5 Å². The second-order valence-electron chi connectivity index (χ2n) is 8.80. The van der Waals surface area contributed by atoms with Gasteiger partial charge in [0.15, 0.2) is 0 Å². The summed E-state index contributed by atoms with van der Waals surface area (Å²) >= 11 is 0. The first kappa shape index (κ1) is 27.2. The van der Waals surface area contributed by atoms with Gasteiger partial charge in [0.2, 0.25) is 0 Å². The van der Waals surface area contributed by atoms with Crippen LogP contribution in [0.2, 0.25) is 0 Å². The Morgan fingerprint density at radius 1 is 1.06 bits per heavy atom. The number of aromatic nitrogens is 2. The molecule has 3 aromatic rings. The number of rotatable bonds is 9. The van der Waals surface area contributed by atoms with Gasteiger partial charge in [0, 0.05) is 25.1 Å². The van der Waals surface area contributed by atoms with Crippen LogP contribution in [0.1, 0.15) is 73.9 Å². The standard InChI is InChI=1S/C26H35N5.2ClH/c1-2-14-29-15-16-31-24-13-12-22(20-6-4-3-5-7-20)18-23(24)30-25(31)17-19-8-10-21(11-9-19)26(27)28;;/h8-13,18,20,29H,2-7,14-17H2,1H3,(H3,27,28);2*1H. The maximum atomic E-state index is 7.60. The van der Waals surface area contributed by atoms with E-state index in [9.17, 15) is 0 Å². The highest BCUT2D eigenvalue weighted by atomic mass is 35.5. The van der Waals surface area contributed by atoms with Gasteiger partial charge in [-0.2, -0.15) is 0 Å². The number of hydrogen-bond donors (Lipinski definition) is 3. The number of fused-ring (bicyclic) bond motifs is 1. The van der Waals surface area contributed by atoms with Crippen LogP contribution in [0.4, 0.5) is 0 Å². The van der Waals surface area contributed by atoms with E-state index in [0.29, 0.717) is 5.92 Å². The van der Waals surface area contributed by atoms with Gasteiger partial charge in [0.25, 0.3) is 0 Å². The fourth-order valence-electron chi connectivity index (χ4n) is 4.75. The Balaban J connectivity index is 0.00000193. The fourth-order valence-corrected chi connectivity index (χ4v) is 4.75. The Bertz CT molecular complexity index is 1020. The number of nitrogen functional groups attached to an aromatic ring is 1. The summed E-state index contributed by atoms with van der Waals surface area (Å²) in [6, 6.07) is 14.9. The van der Waals surface area contributed by atoms with E-state index in [1.54, 1.807) is 0 Å². The summed E-state index contributed by atoms with van der Waals surface area (Å²) in [7, 11) is 0. The van der Waals surface area contributed by atoms with Crippen molar-refractivity contribution in [3.63, 3.8) is 0 Å². The van der Waals surface area contributed by atoms with E-state index < -0.39 is 0 Å². The molecule has 1 fully saturated rings. The van der Waals surface area contributed by atoms with E-state index in [2.05, 4.69) is 47.1 Å². The molecule has 4 N–H and O–H groups in total. The van der Waals surface area contributed by atoms with Gasteiger partial charge in [-0.15, -0.1) is 24.8 Å². The van der Waals surface area contributed by atoms with E-state index in [0.717, 1.165) is 49.4 Å². The van der Waals surface area contributed by atoms with Crippen molar-refractivity contribution >= 4 is 41.7 Å². The van der Waals surface area contributed by atoms with Crippen LogP contribution in [-0.4, -0.2) is 28.5 Å². The molecule has 1 aliphatic rings. The third-order valence-corrected chi connectivity index (χ3v) is 6.49. The minimum absolute atomic E-state index is 0. The first-order valence-electron chi connectivity index (χ1n) is 11.8. The number of nitrogens with zero attached hydrogens (tertiary/aromatic N) is 2. The minimum atomic E-state index is 0. The van der Waals surface area contributed by atoms with Gasteiger partial charge >= 0.3 is 0 Å². The fraction of sp³-hybridized carbons (Fsp3) is 0.462. The number of nitrogens with two attached hydrogens (primary N) is 1. The van der Waals surface area contributed by atoms with Crippen LogP contribution in [0, 0.1) is 5.41 Å². The lowest BCUT2D eigenvalue weighted by atomic mass is 9.84. The summed E-state index contributed by atoms with van der Waals surface area (Å²) in [4.78, 5) is 5.09. The molecule has 180 valence electrons. The number of imidazole rings is 1. The maximum Gasteiger partial charge on any atom is 0.122 e. The predicted octanol–water partition coefficient (Wildman–Crippen LogP) is 5.80. The van der Waals surface area contributed by atoms with Crippen molar-refractivity contribution in [2.24, 2.45) is 5.73 Å². The Morgan fingerprint density at radius 2 is 1.79 bits per heavy atom. The van der Waals surface area contributed by atoms with Crippen molar-refractivity contribution < 1.29 is 0 Å². The molecule has 0 atom stereocenters. The molecule has 4 rings (SSSR count). The summed E-state index contributed by atoms with van der Waals surface area (Å²) in [6.45, 7) is 5.10. The van der Waals surface area contributed by atoms with E-state index >= 15 is 0 Å². The SMILES string of the molecule is CCCNCCn1c(Cc2ccc(C(=N)N)cc2)nc2cc(C3CCCCC3)ccc21.Cl.Cl. The molecule has 0 saturated heterocycles. The minimum Gasteiger partial charge on any atom is -0.384 e. The maximum absolute atomic E-state index is 7.60. The molecule has 0 bridgehead atoms. The molecular formula is C26H37Cl2N5. The average Bonchev–Trinajstić information content (AvgIpc) is 3.13. The van der Waals surface area contributed by atoms with Crippen LogP contribution in [0.3, 0.4) is 0 Å². The van der Waals surface area contributed by atoms with Gasteiger partial charge in [0.05, 0.1) is 11.0 Å². The van der Waals surface area contributed by atoms with Crippen LogP contribution in [0.15, 0.2) is 42.5 Å². The van der Waals surface area contributed by atoms with E-state index in [4.69, 9.17) is 16.1 Å². The highest BCUT2D eigenvalue weighted by Gasteiger charge is 2.18. The van der Waals surface area contributed by atoms with Crippen molar-refractivity contribution in [3.8, 4) is 0 Å². The van der Waals surface area contributed by atoms with Crippen molar-refractivity contribution in [2.75, 3.05) is 13.1 Å². The molecule has 1 heterocycles. The smallest absolute Gasteiger partial charge is 0.122 e. The van der Waals surface area contributed by atoms with Gasteiger partial charge in [-0.3, -0.25) is 5.41 Å². The zero-order valence-electron chi connectivity index (χ0n) is 19.5. The predicted molar refractivity (Wildman–Crippen MR) is 143 cm³/mol. The Labute approximate surface area is 209 Å². The number of hydrogen-bond acceptors (Lipinski definition) is 3. The van der Waals surface area contributed by atoms with Crippen LogP contribution in [0.25, 0.3) is 11.0 Å². The average molecular weight is 491 g/mol. The molecule has 1 aliphatic carbocycles. The number of nitrogens with one attached hydrogen (secondary N) is 2. The molecule has 2 aromatic carbocycles. The molecular weight excluding hydrogens is 453 g/mol. The summed E-state index contributed by atoms with van der Waals surface area (Å²) in [6.07, 6.45) is 8.61. The first-order chi connectivity index (χ1) is 15.2. The second-order valence-corrected chi connectivity index (χ2v) is 8.80. The highest BCUT2D eigenvalue weighted by molar-refractivity contribution is 5.94. The van der Waals surface area contributed by atoms with Gasteiger partial charge < -0.3 is 15.6 Å². The Hall–Kier alpha value is -2.08. The molecule has 1 saturated carbocycles. The first-order valence-corrected chi connectivity index (χ1v) is 11.8. The lowest BCUT2D eigenvalue weighted by Gasteiger charge is -2.21. The molecule has 7 heteroatoms. The molecule has 0 unspecified atom stereocenters. The van der Waals surface area contributed by atoms with Crippen LogP contribution >= 0.6 is 24.8 Å². The molecule has 5 nitrogen and oxygen atoms in total. The number of benzene rings is 2. The quantitative estimate of drug-likeness (QED) is 0.201. The highest BCUT2D eigenvalue weighted by Crippen LogP contribution is 2.34. The van der Waals surface area contributed by atoms with Crippen LogP contribution in [-0.2, 0) is 13.0 Å². The molecule has 0 radical (unpaired) electrons. The molecule has 0 amide bonds. The molecule has 33 heavy (non-hydrogen) atoms. The lowest BCUT2D eigenvalue weighted by molar-refractivity contribution is 0.444. The van der Waals surface area contributed by atoms with E-state index in [1.807, 2.05) is 12.1 Å². The van der Waals surface area contributed by atoms with Crippen molar-refractivity contribution in [1.82, 2.24) is 14.9 Å². The van der Waals surface area contributed by atoms with Gasteiger partial charge in [0.1, 0.15) is 11.7 Å². The lowest BCUT2D eigenvalue weighted by Crippen LogP contribution is -2.21. The normalized spacial score (nSPS) is 14.0. The Morgan fingerprint density at radius 3 is 2.45 bits per heavy atom. The zero-order valence-corrected chi connectivity index (χ0v) is 21.1.